The summed E-state index contributed by atoms with van der Waals surface area (Å²) in [6.45, 7) is 1.27. The highest BCUT2D eigenvalue weighted by molar-refractivity contribution is 9.10. The van der Waals surface area contributed by atoms with E-state index in [1.807, 2.05) is 0 Å². The maximum atomic E-state index is 14.0. The minimum absolute atomic E-state index is 0.0596. The van der Waals surface area contributed by atoms with Crippen LogP contribution in [0.2, 0.25) is 0 Å². The van der Waals surface area contributed by atoms with E-state index in [1.165, 1.54) is 33.3 Å². The maximum absolute atomic E-state index is 14.0. The van der Waals surface area contributed by atoms with E-state index in [1.54, 1.807) is 0 Å². The Morgan fingerprint density at radius 2 is 1.90 bits per heavy atom. The number of carbonyl (C=O) groups is 1. The summed E-state index contributed by atoms with van der Waals surface area (Å²) < 4.78 is 43.0. The normalized spacial score (nSPS) is 12.7. The first-order valence-corrected chi connectivity index (χ1v) is 6.80. The molecule has 0 aliphatic rings. The van der Waals surface area contributed by atoms with Gasteiger partial charge in [-0.3, -0.25) is 0 Å². The molecule has 0 spiro atoms. The zero-order valence-corrected chi connectivity index (χ0v) is 13.4. The molecule has 1 rings (SSSR count). The number of alkyl halides is 2. The fraction of sp³-hybridized carbons (Fsp3) is 0.462. The van der Waals surface area contributed by atoms with Crippen LogP contribution in [-0.4, -0.2) is 32.7 Å². The van der Waals surface area contributed by atoms with Crippen LogP contribution in [0, 0.1) is 0 Å². The van der Waals surface area contributed by atoms with Gasteiger partial charge in [0.2, 0.25) is 0 Å². The topological polar surface area (TPSA) is 70.8 Å². The third-order valence-corrected chi connectivity index (χ3v) is 3.40. The molecule has 1 aromatic rings. The molecule has 0 aromatic heterocycles. The summed E-state index contributed by atoms with van der Waals surface area (Å²) in [7, 11) is 2.69. The molecule has 0 radical (unpaired) electrons. The van der Waals surface area contributed by atoms with Gasteiger partial charge in [0.1, 0.15) is 17.5 Å². The minimum Gasteiger partial charge on any atom is -0.496 e. The molecule has 0 aliphatic carbocycles. The first kappa shape index (κ1) is 17.6. The number of ether oxygens (including phenoxy) is 3. The van der Waals surface area contributed by atoms with Crippen LogP contribution in [0.3, 0.4) is 0 Å². The summed E-state index contributed by atoms with van der Waals surface area (Å²) in [5.74, 6) is -5.16. The number of nitrogens with two attached hydrogens (primary N) is 1. The molecule has 0 amide bonds. The molecule has 2 N–H and O–H groups in total. The summed E-state index contributed by atoms with van der Waals surface area (Å²) in [6, 6.07) is 0.809. The van der Waals surface area contributed by atoms with Gasteiger partial charge in [0.25, 0.3) is 0 Å². The maximum Gasteiger partial charge on any atom is 0.379 e. The van der Waals surface area contributed by atoms with Crippen molar-refractivity contribution in [3.05, 3.63) is 22.2 Å². The predicted octanol–water partition coefficient (Wildman–Crippen LogP) is 2.66. The molecule has 1 atom stereocenters. The Labute approximate surface area is 129 Å². The van der Waals surface area contributed by atoms with Crippen LogP contribution in [0.5, 0.6) is 11.5 Å². The summed E-state index contributed by atoms with van der Waals surface area (Å²) >= 11 is 3.21. The molecule has 1 aromatic carbocycles. The molecule has 118 valence electrons. The van der Waals surface area contributed by atoms with Crippen molar-refractivity contribution in [3.63, 3.8) is 0 Å². The fourth-order valence-electron chi connectivity index (χ4n) is 1.68. The largest absolute Gasteiger partial charge is 0.496 e. The lowest BCUT2D eigenvalue weighted by atomic mass is 10.00. The summed E-state index contributed by atoms with van der Waals surface area (Å²) in [5.41, 5.74) is 5.49. The monoisotopic (exact) mass is 367 g/mol. The van der Waals surface area contributed by atoms with E-state index >= 15 is 0 Å². The molecule has 0 heterocycles. The predicted molar refractivity (Wildman–Crippen MR) is 75.8 cm³/mol. The van der Waals surface area contributed by atoms with Gasteiger partial charge in [0, 0.05) is 5.56 Å². The van der Waals surface area contributed by atoms with Crippen molar-refractivity contribution in [3.8, 4) is 11.5 Å². The number of carbonyl (C=O) groups excluding carboxylic acids is 1. The molecule has 0 aliphatic heterocycles. The second-order valence-electron chi connectivity index (χ2n) is 4.05. The van der Waals surface area contributed by atoms with Crippen molar-refractivity contribution >= 4 is 21.9 Å². The fourth-order valence-corrected chi connectivity index (χ4v) is 2.16. The van der Waals surface area contributed by atoms with E-state index in [-0.39, 0.29) is 17.9 Å². The van der Waals surface area contributed by atoms with Gasteiger partial charge in [-0.15, -0.1) is 0 Å². The molecular formula is C13H16BrF2NO4. The molecule has 0 unspecified atom stereocenters. The highest BCUT2D eigenvalue weighted by Crippen LogP contribution is 2.40. The summed E-state index contributed by atoms with van der Waals surface area (Å²) in [4.78, 5) is 11.4. The second-order valence-corrected chi connectivity index (χ2v) is 4.90. The number of methoxy groups -OCH3 is 2. The smallest absolute Gasteiger partial charge is 0.379 e. The van der Waals surface area contributed by atoms with Crippen molar-refractivity contribution in [1.29, 1.82) is 0 Å². The number of halogens is 3. The quantitative estimate of drug-likeness (QED) is 0.782. The van der Waals surface area contributed by atoms with Crippen molar-refractivity contribution in [1.82, 2.24) is 0 Å². The van der Waals surface area contributed by atoms with Crippen LogP contribution in [0.4, 0.5) is 8.78 Å². The Morgan fingerprint density at radius 3 is 2.38 bits per heavy atom. The van der Waals surface area contributed by atoms with Crippen LogP contribution in [0.1, 0.15) is 18.5 Å². The van der Waals surface area contributed by atoms with Gasteiger partial charge in [-0.1, -0.05) is 0 Å². The first-order valence-electron chi connectivity index (χ1n) is 6.01. The van der Waals surface area contributed by atoms with E-state index in [2.05, 4.69) is 20.7 Å². The summed E-state index contributed by atoms with van der Waals surface area (Å²) in [6.07, 6.45) is 0. The van der Waals surface area contributed by atoms with Gasteiger partial charge < -0.3 is 19.9 Å². The van der Waals surface area contributed by atoms with Crippen LogP contribution >= 0.6 is 15.9 Å². The van der Waals surface area contributed by atoms with Gasteiger partial charge in [-0.2, -0.15) is 8.78 Å². The van der Waals surface area contributed by atoms with E-state index in [0.717, 1.165) is 0 Å². The third kappa shape index (κ3) is 3.62. The second kappa shape index (κ2) is 7.04. The van der Waals surface area contributed by atoms with E-state index in [4.69, 9.17) is 15.2 Å². The number of hydrogen-bond donors (Lipinski definition) is 1. The summed E-state index contributed by atoms with van der Waals surface area (Å²) in [5, 5.41) is 0. The molecule has 0 bridgehead atoms. The molecule has 0 saturated heterocycles. The lowest BCUT2D eigenvalue weighted by molar-refractivity contribution is -0.174. The van der Waals surface area contributed by atoms with Crippen LogP contribution in [0.25, 0.3) is 0 Å². The van der Waals surface area contributed by atoms with Crippen molar-refractivity contribution in [2.24, 2.45) is 5.73 Å². The Hall–Kier alpha value is -1.41. The lowest BCUT2D eigenvalue weighted by Crippen LogP contribution is -2.41. The number of esters is 1. The lowest BCUT2D eigenvalue weighted by Gasteiger charge is -2.24. The molecular weight excluding hydrogens is 352 g/mol. The first-order chi connectivity index (χ1) is 9.79. The number of rotatable bonds is 6. The zero-order chi connectivity index (χ0) is 16.2. The van der Waals surface area contributed by atoms with E-state index in [9.17, 15) is 13.6 Å². The molecule has 0 saturated carbocycles. The van der Waals surface area contributed by atoms with Crippen molar-refractivity contribution in [2.45, 2.75) is 18.9 Å². The third-order valence-electron chi connectivity index (χ3n) is 2.78. The Balaban J connectivity index is 3.28. The molecule has 0 fully saturated rings. The number of benzene rings is 1. The van der Waals surface area contributed by atoms with Gasteiger partial charge in [-0.05, 0) is 35.0 Å². The van der Waals surface area contributed by atoms with Gasteiger partial charge in [0.15, 0.2) is 0 Å². The van der Waals surface area contributed by atoms with Gasteiger partial charge in [-0.25, -0.2) is 4.79 Å². The molecule has 21 heavy (non-hydrogen) atoms. The Kier molecular flexibility index (Phi) is 5.91. The SMILES string of the molecule is CCOC(=O)C(F)(F)[C@H](N)c1cc(OC)c(Br)cc1OC. The number of hydrogen-bond acceptors (Lipinski definition) is 5. The van der Waals surface area contributed by atoms with Crippen LogP contribution in [0.15, 0.2) is 16.6 Å². The highest BCUT2D eigenvalue weighted by atomic mass is 79.9. The van der Waals surface area contributed by atoms with Gasteiger partial charge >= 0.3 is 11.9 Å². The average molecular weight is 368 g/mol. The molecule has 8 heteroatoms. The van der Waals surface area contributed by atoms with Crippen LogP contribution < -0.4 is 15.2 Å². The Bertz CT molecular complexity index is 525. The van der Waals surface area contributed by atoms with E-state index < -0.39 is 17.9 Å². The van der Waals surface area contributed by atoms with Crippen molar-refractivity contribution < 1.29 is 27.8 Å². The standard InChI is InChI=1S/C13H16BrF2NO4/c1-4-21-12(18)13(15,16)11(17)7-5-10(20-3)8(14)6-9(7)19-2/h5-6,11H,4,17H2,1-3H3/t11-/m1/s1. The highest BCUT2D eigenvalue weighted by Gasteiger charge is 2.49. The van der Waals surface area contributed by atoms with Crippen molar-refractivity contribution in [2.75, 3.05) is 20.8 Å². The van der Waals surface area contributed by atoms with Gasteiger partial charge in [0.05, 0.1) is 25.3 Å². The van der Waals surface area contributed by atoms with Crippen LogP contribution in [-0.2, 0) is 9.53 Å². The average Bonchev–Trinajstić information content (AvgIpc) is 2.46. The minimum atomic E-state index is -3.89. The Morgan fingerprint density at radius 1 is 1.33 bits per heavy atom. The zero-order valence-electron chi connectivity index (χ0n) is 11.8. The van der Waals surface area contributed by atoms with E-state index in [0.29, 0.717) is 10.2 Å². The molecule has 5 nitrogen and oxygen atoms in total.